The molecule has 3 rings (SSSR count). The number of aryl methyl sites for hydroxylation is 1. The molecular formula is C16H16FN3. The topological polar surface area (TPSA) is 41.6 Å². The predicted molar refractivity (Wildman–Crippen MR) is 79.3 cm³/mol. The van der Waals surface area contributed by atoms with E-state index in [1.165, 1.54) is 17.7 Å². The normalized spacial score (nSPS) is 18.2. The minimum Gasteiger partial charge on any atom is -0.369 e. The van der Waals surface area contributed by atoms with Gasteiger partial charge >= 0.3 is 0 Å². The lowest BCUT2D eigenvalue weighted by Crippen LogP contribution is -2.36. The van der Waals surface area contributed by atoms with E-state index in [1.807, 2.05) is 17.0 Å². The van der Waals surface area contributed by atoms with Crippen LogP contribution < -0.4 is 10.6 Å². The molecule has 0 saturated carbocycles. The zero-order valence-electron chi connectivity index (χ0n) is 11.3. The van der Waals surface area contributed by atoms with Crippen LogP contribution in [0.3, 0.4) is 0 Å². The Kier molecular flexibility index (Phi) is 3.14. The van der Waals surface area contributed by atoms with E-state index < -0.39 is 0 Å². The minimum atomic E-state index is -0.273. The third kappa shape index (κ3) is 2.25. The molecule has 3 nitrogen and oxygen atoms in total. The van der Waals surface area contributed by atoms with Gasteiger partial charge in [-0.05, 0) is 30.7 Å². The summed E-state index contributed by atoms with van der Waals surface area (Å²) in [5.41, 5.74) is 9.04. The van der Waals surface area contributed by atoms with Crippen LogP contribution in [-0.4, -0.2) is 12.5 Å². The number of nitrogens with two attached hydrogens (primary N) is 1. The van der Waals surface area contributed by atoms with Crippen molar-refractivity contribution in [1.82, 2.24) is 0 Å². The highest BCUT2D eigenvalue weighted by atomic mass is 19.1. The maximum Gasteiger partial charge on any atom is 0.196 e. The highest BCUT2D eigenvalue weighted by Crippen LogP contribution is 2.31. The standard InChI is InChI=1S/C16H16FN3/c1-11-4-2-5-12(8-11)15-10-19-16(18)20(15)14-7-3-6-13(17)9-14/h2-9,15H,10H2,1H3,(H2,18,19). The van der Waals surface area contributed by atoms with Crippen LogP contribution in [0.1, 0.15) is 17.2 Å². The largest absolute Gasteiger partial charge is 0.369 e. The highest BCUT2D eigenvalue weighted by molar-refractivity contribution is 5.97. The molecule has 0 aromatic heterocycles. The summed E-state index contributed by atoms with van der Waals surface area (Å²) in [6.45, 7) is 2.64. The Bertz CT molecular complexity index is 666. The summed E-state index contributed by atoms with van der Waals surface area (Å²) in [6, 6.07) is 14.7. The lowest BCUT2D eigenvalue weighted by molar-refractivity contribution is 0.626. The van der Waals surface area contributed by atoms with E-state index in [4.69, 9.17) is 5.73 Å². The molecule has 102 valence electrons. The van der Waals surface area contributed by atoms with Crippen molar-refractivity contribution in [2.75, 3.05) is 11.4 Å². The van der Waals surface area contributed by atoms with Gasteiger partial charge in [-0.1, -0.05) is 35.9 Å². The van der Waals surface area contributed by atoms with Crippen molar-refractivity contribution in [1.29, 1.82) is 0 Å². The van der Waals surface area contributed by atoms with Gasteiger partial charge in [0.15, 0.2) is 5.96 Å². The van der Waals surface area contributed by atoms with E-state index in [0.717, 1.165) is 11.3 Å². The molecule has 1 aliphatic rings. The maximum absolute atomic E-state index is 13.4. The van der Waals surface area contributed by atoms with Gasteiger partial charge in [-0.15, -0.1) is 0 Å². The van der Waals surface area contributed by atoms with Crippen molar-refractivity contribution in [3.63, 3.8) is 0 Å². The molecule has 1 heterocycles. The van der Waals surface area contributed by atoms with Crippen LogP contribution in [0.5, 0.6) is 0 Å². The van der Waals surface area contributed by atoms with E-state index >= 15 is 0 Å². The summed E-state index contributed by atoms with van der Waals surface area (Å²) in [5, 5.41) is 0. The molecule has 4 heteroatoms. The molecule has 0 radical (unpaired) electrons. The van der Waals surface area contributed by atoms with Gasteiger partial charge in [0.1, 0.15) is 5.82 Å². The molecule has 1 unspecified atom stereocenters. The van der Waals surface area contributed by atoms with Crippen molar-refractivity contribution in [3.8, 4) is 0 Å². The molecule has 0 amide bonds. The summed E-state index contributed by atoms with van der Waals surface area (Å²) < 4.78 is 13.4. The molecule has 2 aromatic rings. The smallest absolute Gasteiger partial charge is 0.196 e. The monoisotopic (exact) mass is 269 g/mol. The summed E-state index contributed by atoms with van der Waals surface area (Å²) in [4.78, 5) is 6.20. The van der Waals surface area contributed by atoms with E-state index in [1.54, 1.807) is 6.07 Å². The molecule has 2 N–H and O–H groups in total. The van der Waals surface area contributed by atoms with Crippen LogP contribution in [0.15, 0.2) is 53.5 Å². The van der Waals surface area contributed by atoms with Crippen LogP contribution in [0, 0.1) is 12.7 Å². The van der Waals surface area contributed by atoms with Gasteiger partial charge in [-0.25, -0.2) is 4.39 Å². The van der Waals surface area contributed by atoms with Crippen molar-refractivity contribution < 1.29 is 4.39 Å². The SMILES string of the molecule is Cc1cccc(C2CN=C(N)N2c2cccc(F)c2)c1. The van der Waals surface area contributed by atoms with E-state index in [-0.39, 0.29) is 11.9 Å². The summed E-state index contributed by atoms with van der Waals surface area (Å²) in [5.74, 6) is 0.160. The summed E-state index contributed by atoms with van der Waals surface area (Å²) in [6.07, 6.45) is 0. The molecule has 1 atom stereocenters. The molecule has 0 spiro atoms. The molecular weight excluding hydrogens is 253 g/mol. The van der Waals surface area contributed by atoms with Crippen molar-refractivity contribution in [3.05, 3.63) is 65.5 Å². The summed E-state index contributed by atoms with van der Waals surface area (Å²) >= 11 is 0. The molecule has 0 aliphatic carbocycles. The molecule has 0 fully saturated rings. The molecule has 0 bridgehead atoms. The van der Waals surface area contributed by atoms with Gasteiger partial charge in [0, 0.05) is 5.69 Å². The Morgan fingerprint density at radius 1 is 1.20 bits per heavy atom. The number of rotatable bonds is 2. The number of hydrogen-bond acceptors (Lipinski definition) is 3. The second-order valence-corrected chi connectivity index (χ2v) is 4.98. The fourth-order valence-electron chi connectivity index (χ4n) is 2.57. The van der Waals surface area contributed by atoms with Gasteiger partial charge < -0.3 is 10.6 Å². The second kappa shape index (κ2) is 4.96. The first kappa shape index (κ1) is 12.7. The zero-order chi connectivity index (χ0) is 14.1. The van der Waals surface area contributed by atoms with Crippen molar-refractivity contribution in [2.45, 2.75) is 13.0 Å². The first-order chi connectivity index (χ1) is 9.65. The first-order valence-corrected chi connectivity index (χ1v) is 6.56. The number of hydrogen-bond donors (Lipinski definition) is 1. The molecule has 1 aliphatic heterocycles. The fourth-order valence-corrected chi connectivity index (χ4v) is 2.57. The lowest BCUT2D eigenvalue weighted by Gasteiger charge is -2.26. The average Bonchev–Trinajstić information content (AvgIpc) is 2.80. The Hall–Kier alpha value is -2.36. The predicted octanol–water partition coefficient (Wildman–Crippen LogP) is 3.01. The van der Waals surface area contributed by atoms with Crippen LogP contribution >= 0.6 is 0 Å². The zero-order valence-corrected chi connectivity index (χ0v) is 11.3. The van der Waals surface area contributed by atoms with Crippen molar-refractivity contribution >= 4 is 11.6 Å². The van der Waals surface area contributed by atoms with Crippen LogP contribution in [0.4, 0.5) is 10.1 Å². The Labute approximate surface area is 117 Å². The number of guanidine groups is 1. The Balaban J connectivity index is 2.00. The number of anilines is 1. The minimum absolute atomic E-state index is 0.0247. The summed E-state index contributed by atoms with van der Waals surface area (Å²) in [7, 11) is 0. The molecule has 20 heavy (non-hydrogen) atoms. The molecule has 2 aromatic carbocycles. The number of halogens is 1. The van der Waals surface area contributed by atoms with Crippen LogP contribution in [0.2, 0.25) is 0 Å². The van der Waals surface area contributed by atoms with Crippen LogP contribution in [-0.2, 0) is 0 Å². The highest BCUT2D eigenvalue weighted by Gasteiger charge is 2.28. The van der Waals surface area contributed by atoms with Gasteiger partial charge in [0.2, 0.25) is 0 Å². The fraction of sp³-hybridized carbons (Fsp3) is 0.188. The number of nitrogens with zero attached hydrogens (tertiary/aromatic N) is 2. The van der Waals surface area contributed by atoms with Gasteiger partial charge in [-0.2, -0.15) is 0 Å². The first-order valence-electron chi connectivity index (χ1n) is 6.56. The van der Waals surface area contributed by atoms with Gasteiger partial charge in [-0.3, -0.25) is 4.99 Å². The average molecular weight is 269 g/mol. The quantitative estimate of drug-likeness (QED) is 0.910. The Morgan fingerprint density at radius 3 is 2.75 bits per heavy atom. The number of benzene rings is 2. The van der Waals surface area contributed by atoms with E-state index in [9.17, 15) is 4.39 Å². The third-order valence-corrected chi connectivity index (χ3v) is 3.50. The second-order valence-electron chi connectivity index (χ2n) is 4.98. The Morgan fingerprint density at radius 2 is 2.00 bits per heavy atom. The molecule has 0 saturated heterocycles. The lowest BCUT2D eigenvalue weighted by atomic mass is 10.0. The van der Waals surface area contributed by atoms with E-state index in [2.05, 4.69) is 30.1 Å². The van der Waals surface area contributed by atoms with Gasteiger partial charge in [0.05, 0.1) is 12.6 Å². The number of aliphatic imine (C=N–C) groups is 1. The van der Waals surface area contributed by atoms with Crippen molar-refractivity contribution in [2.24, 2.45) is 10.7 Å². The van der Waals surface area contributed by atoms with Crippen LogP contribution in [0.25, 0.3) is 0 Å². The van der Waals surface area contributed by atoms with Gasteiger partial charge in [0.25, 0.3) is 0 Å². The van der Waals surface area contributed by atoms with E-state index in [0.29, 0.717) is 12.5 Å². The maximum atomic E-state index is 13.4. The third-order valence-electron chi connectivity index (χ3n) is 3.50.